The second-order valence-electron chi connectivity index (χ2n) is 5.82. The summed E-state index contributed by atoms with van der Waals surface area (Å²) in [5.74, 6) is 1.28. The van der Waals surface area contributed by atoms with E-state index in [-0.39, 0.29) is 18.1 Å². The molecule has 1 atom stereocenters. The molecule has 15 heavy (non-hydrogen) atoms. The second-order valence-corrected chi connectivity index (χ2v) is 5.82. The van der Waals surface area contributed by atoms with Crippen LogP contribution < -0.4 is 5.73 Å². The highest BCUT2D eigenvalue weighted by molar-refractivity contribution is 4.88. The van der Waals surface area contributed by atoms with E-state index in [4.69, 9.17) is 5.73 Å². The molecule has 2 heteroatoms. The average molecular weight is 215 g/mol. The minimum atomic E-state index is 0.122. The molecule has 0 aromatic heterocycles. The van der Waals surface area contributed by atoms with Gasteiger partial charge in [-0.1, -0.05) is 27.7 Å². The number of hydrogen-bond acceptors (Lipinski definition) is 2. The van der Waals surface area contributed by atoms with Gasteiger partial charge >= 0.3 is 0 Å². The van der Waals surface area contributed by atoms with Gasteiger partial charge in [-0.3, -0.25) is 0 Å². The Morgan fingerprint density at radius 1 is 1.00 bits per heavy atom. The molecule has 0 aliphatic rings. The third-order valence-electron chi connectivity index (χ3n) is 3.21. The first-order valence-corrected chi connectivity index (χ1v) is 6.20. The Hall–Kier alpha value is -0.0800. The molecule has 3 N–H and O–H groups in total. The molecule has 0 aromatic rings. The lowest BCUT2D eigenvalue weighted by Crippen LogP contribution is -2.42. The number of aliphatic hydroxyl groups is 1. The Morgan fingerprint density at radius 2 is 1.40 bits per heavy atom. The predicted octanol–water partition coefficient (Wildman–Crippen LogP) is 2.79. The van der Waals surface area contributed by atoms with Gasteiger partial charge in [-0.25, -0.2) is 0 Å². The number of rotatable bonds is 7. The van der Waals surface area contributed by atoms with Gasteiger partial charge in [-0.2, -0.15) is 0 Å². The second kappa shape index (κ2) is 6.49. The van der Waals surface area contributed by atoms with Gasteiger partial charge < -0.3 is 10.8 Å². The van der Waals surface area contributed by atoms with Crippen molar-refractivity contribution in [2.75, 3.05) is 6.61 Å². The highest BCUT2D eigenvalue weighted by atomic mass is 16.3. The van der Waals surface area contributed by atoms with E-state index in [0.717, 1.165) is 19.3 Å². The van der Waals surface area contributed by atoms with Gasteiger partial charge in [0.15, 0.2) is 0 Å². The first-order valence-electron chi connectivity index (χ1n) is 6.20. The SMILES string of the molecule is CC(C)CC(CCO)(CC(C)C)C(C)N. The van der Waals surface area contributed by atoms with Crippen molar-refractivity contribution in [3.8, 4) is 0 Å². The molecule has 0 saturated heterocycles. The number of aliphatic hydroxyl groups excluding tert-OH is 1. The smallest absolute Gasteiger partial charge is 0.0436 e. The Kier molecular flexibility index (Phi) is 6.46. The molecule has 0 spiro atoms. The van der Waals surface area contributed by atoms with E-state index in [1.165, 1.54) is 0 Å². The van der Waals surface area contributed by atoms with Gasteiger partial charge in [-0.15, -0.1) is 0 Å². The molecule has 0 bridgehead atoms. The van der Waals surface area contributed by atoms with E-state index in [0.29, 0.717) is 11.8 Å². The summed E-state index contributed by atoms with van der Waals surface area (Å²) < 4.78 is 0. The van der Waals surface area contributed by atoms with Gasteiger partial charge in [0.1, 0.15) is 0 Å². The summed E-state index contributed by atoms with van der Waals surface area (Å²) in [6, 6.07) is 0.162. The standard InChI is InChI=1S/C13H29NO/c1-10(2)8-13(6-7-15,12(5)14)9-11(3)4/h10-12,15H,6-9,14H2,1-5H3. The lowest BCUT2D eigenvalue weighted by molar-refractivity contribution is 0.0992. The number of nitrogens with two attached hydrogens (primary N) is 1. The minimum Gasteiger partial charge on any atom is -0.396 e. The van der Waals surface area contributed by atoms with Crippen molar-refractivity contribution in [1.82, 2.24) is 0 Å². The molecule has 0 radical (unpaired) electrons. The maximum absolute atomic E-state index is 9.22. The van der Waals surface area contributed by atoms with Crippen molar-refractivity contribution in [3.05, 3.63) is 0 Å². The van der Waals surface area contributed by atoms with E-state index in [1.54, 1.807) is 0 Å². The van der Waals surface area contributed by atoms with Crippen LogP contribution in [0, 0.1) is 17.3 Å². The molecule has 2 nitrogen and oxygen atoms in total. The molecular formula is C13H29NO. The first-order chi connectivity index (χ1) is 6.84. The molecule has 0 aromatic carbocycles. The summed E-state index contributed by atoms with van der Waals surface area (Å²) in [6.07, 6.45) is 3.06. The Bertz CT molecular complexity index is 154. The fourth-order valence-electron chi connectivity index (χ4n) is 2.74. The maximum Gasteiger partial charge on any atom is 0.0436 e. The van der Waals surface area contributed by atoms with Crippen LogP contribution >= 0.6 is 0 Å². The summed E-state index contributed by atoms with van der Waals surface area (Å²) in [6.45, 7) is 11.3. The monoisotopic (exact) mass is 215 g/mol. The zero-order valence-electron chi connectivity index (χ0n) is 11.1. The largest absolute Gasteiger partial charge is 0.396 e. The zero-order valence-corrected chi connectivity index (χ0v) is 11.1. The fourth-order valence-corrected chi connectivity index (χ4v) is 2.74. The molecule has 0 heterocycles. The zero-order chi connectivity index (χ0) is 12.1. The van der Waals surface area contributed by atoms with Crippen molar-refractivity contribution in [1.29, 1.82) is 0 Å². The average Bonchev–Trinajstić information content (AvgIpc) is 2.01. The van der Waals surface area contributed by atoms with Crippen molar-refractivity contribution in [2.45, 2.75) is 59.9 Å². The van der Waals surface area contributed by atoms with E-state index in [1.807, 2.05) is 0 Å². The fraction of sp³-hybridized carbons (Fsp3) is 1.00. The molecule has 0 rings (SSSR count). The Morgan fingerprint density at radius 3 is 1.60 bits per heavy atom. The van der Waals surface area contributed by atoms with Crippen LogP contribution in [0.15, 0.2) is 0 Å². The van der Waals surface area contributed by atoms with Crippen molar-refractivity contribution in [3.63, 3.8) is 0 Å². The highest BCUT2D eigenvalue weighted by Crippen LogP contribution is 2.39. The van der Waals surface area contributed by atoms with Crippen LogP contribution in [0.2, 0.25) is 0 Å². The van der Waals surface area contributed by atoms with E-state index in [2.05, 4.69) is 34.6 Å². The molecule has 1 unspecified atom stereocenters. The maximum atomic E-state index is 9.22. The van der Waals surface area contributed by atoms with Crippen molar-refractivity contribution < 1.29 is 5.11 Å². The van der Waals surface area contributed by atoms with E-state index >= 15 is 0 Å². The van der Waals surface area contributed by atoms with Gasteiger partial charge in [0.05, 0.1) is 0 Å². The summed E-state index contributed by atoms with van der Waals surface area (Å²) in [7, 11) is 0. The van der Waals surface area contributed by atoms with E-state index < -0.39 is 0 Å². The van der Waals surface area contributed by atoms with Crippen molar-refractivity contribution >= 4 is 0 Å². The molecule has 0 fully saturated rings. The number of hydrogen-bond donors (Lipinski definition) is 2. The van der Waals surface area contributed by atoms with Gasteiger partial charge in [0.25, 0.3) is 0 Å². The van der Waals surface area contributed by atoms with Crippen molar-refractivity contribution in [2.24, 2.45) is 23.0 Å². The van der Waals surface area contributed by atoms with Gasteiger partial charge in [-0.05, 0) is 43.4 Å². The third-order valence-corrected chi connectivity index (χ3v) is 3.21. The van der Waals surface area contributed by atoms with Crippen LogP contribution in [0.1, 0.15) is 53.9 Å². The third kappa shape index (κ3) is 4.98. The van der Waals surface area contributed by atoms with Crippen LogP contribution in [0.4, 0.5) is 0 Å². The predicted molar refractivity (Wildman–Crippen MR) is 66.7 cm³/mol. The highest BCUT2D eigenvalue weighted by Gasteiger charge is 2.34. The van der Waals surface area contributed by atoms with Gasteiger partial charge in [0, 0.05) is 12.6 Å². The van der Waals surface area contributed by atoms with E-state index in [9.17, 15) is 5.11 Å². The van der Waals surface area contributed by atoms with Crippen LogP contribution in [-0.2, 0) is 0 Å². The molecule has 0 amide bonds. The minimum absolute atomic E-state index is 0.122. The summed E-state index contributed by atoms with van der Waals surface area (Å²) in [4.78, 5) is 0. The van der Waals surface area contributed by atoms with Crippen LogP contribution in [0.5, 0.6) is 0 Å². The normalized spacial score (nSPS) is 15.0. The van der Waals surface area contributed by atoms with Gasteiger partial charge in [0.2, 0.25) is 0 Å². The topological polar surface area (TPSA) is 46.2 Å². The quantitative estimate of drug-likeness (QED) is 0.686. The first kappa shape index (κ1) is 14.9. The Labute approximate surface area is 95.3 Å². The van der Waals surface area contributed by atoms with Crippen LogP contribution in [0.3, 0.4) is 0 Å². The summed E-state index contributed by atoms with van der Waals surface area (Å²) >= 11 is 0. The summed E-state index contributed by atoms with van der Waals surface area (Å²) in [5.41, 5.74) is 6.27. The molecule has 92 valence electrons. The van der Waals surface area contributed by atoms with Crippen LogP contribution in [0.25, 0.3) is 0 Å². The lowest BCUT2D eigenvalue weighted by atomic mass is 9.68. The van der Waals surface area contributed by atoms with Crippen LogP contribution in [-0.4, -0.2) is 17.8 Å². The molecular weight excluding hydrogens is 186 g/mol. The Balaban J connectivity index is 4.72. The molecule has 0 saturated carbocycles. The lowest BCUT2D eigenvalue weighted by Gasteiger charge is -2.40. The molecule has 0 aliphatic heterocycles. The molecule has 0 aliphatic carbocycles. The summed E-state index contributed by atoms with van der Waals surface area (Å²) in [5, 5.41) is 9.22.